The predicted molar refractivity (Wildman–Crippen MR) is 70.5 cm³/mol. The highest BCUT2D eigenvalue weighted by Crippen LogP contribution is 2.01. The van der Waals surface area contributed by atoms with Crippen molar-refractivity contribution in [1.82, 2.24) is 5.32 Å². The van der Waals surface area contributed by atoms with Crippen molar-refractivity contribution in [2.24, 2.45) is 5.92 Å². The predicted octanol–water partition coefficient (Wildman–Crippen LogP) is 1.43. The fourth-order valence-electron chi connectivity index (χ4n) is 1.44. The third kappa shape index (κ3) is 6.57. The minimum Gasteiger partial charge on any atom is -0.481 e. The Kier molecular flexibility index (Phi) is 6.60. The summed E-state index contributed by atoms with van der Waals surface area (Å²) in [5.74, 6) is -1.53. The lowest BCUT2D eigenvalue weighted by Gasteiger charge is -2.08. The van der Waals surface area contributed by atoms with E-state index in [0.717, 1.165) is 5.56 Å². The van der Waals surface area contributed by atoms with E-state index in [4.69, 9.17) is 9.84 Å². The number of nitrogens with one attached hydrogen (secondary N) is 1. The summed E-state index contributed by atoms with van der Waals surface area (Å²) in [6.07, 6.45) is 0.416. The first-order valence-corrected chi connectivity index (χ1v) is 6.20. The van der Waals surface area contributed by atoms with Crippen molar-refractivity contribution >= 4 is 11.9 Å². The third-order valence-corrected chi connectivity index (χ3v) is 2.67. The molecule has 0 spiro atoms. The lowest BCUT2D eigenvalue weighted by atomic mass is 10.1. The molecule has 5 heteroatoms. The molecule has 0 saturated carbocycles. The highest BCUT2D eigenvalue weighted by atomic mass is 16.5. The Bertz CT molecular complexity index is 405. The normalized spacial score (nSPS) is 11.8. The van der Waals surface area contributed by atoms with E-state index in [1.165, 1.54) is 0 Å². The molecular formula is C14H19NO4. The Hall–Kier alpha value is -1.88. The second-order valence-electron chi connectivity index (χ2n) is 4.36. The fraction of sp³-hybridized carbons (Fsp3) is 0.429. The van der Waals surface area contributed by atoms with Crippen LogP contribution in [0.4, 0.5) is 0 Å². The maximum Gasteiger partial charge on any atom is 0.306 e. The lowest BCUT2D eigenvalue weighted by Crippen LogP contribution is -2.30. The van der Waals surface area contributed by atoms with Crippen LogP contribution < -0.4 is 5.32 Å². The molecule has 0 aromatic heterocycles. The van der Waals surface area contributed by atoms with Gasteiger partial charge in [0.15, 0.2) is 0 Å². The van der Waals surface area contributed by atoms with E-state index in [-0.39, 0.29) is 12.5 Å². The molecule has 0 aliphatic carbocycles. The maximum atomic E-state index is 11.4. The van der Waals surface area contributed by atoms with E-state index in [0.29, 0.717) is 19.6 Å². The Morgan fingerprint density at radius 3 is 2.63 bits per heavy atom. The zero-order valence-corrected chi connectivity index (χ0v) is 11.0. The smallest absolute Gasteiger partial charge is 0.306 e. The summed E-state index contributed by atoms with van der Waals surface area (Å²) in [5, 5.41) is 11.3. The summed E-state index contributed by atoms with van der Waals surface area (Å²) in [6, 6.07) is 9.58. The van der Waals surface area contributed by atoms with Gasteiger partial charge in [0, 0.05) is 6.54 Å². The highest BCUT2D eigenvalue weighted by Gasteiger charge is 2.10. The number of rotatable bonds is 8. The van der Waals surface area contributed by atoms with Gasteiger partial charge in [0.2, 0.25) is 5.91 Å². The minimum absolute atomic E-state index is 0.0175. The summed E-state index contributed by atoms with van der Waals surface area (Å²) >= 11 is 0. The average molecular weight is 265 g/mol. The fourth-order valence-corrected chi connectivity index (χ4v) is 1.44. The molecule has 104 valence electrons. The number of carboxylic acids is 1. The molecule has 1 atom stereocenters. The Labute approximate surface area is 112 Å². The van der Waals surface area contributed by atoms with E-state index < -0.39 is 11.9 Å². The second-order valence-corrected chi connectivity index (χ2v) is 4.36. The molecule has 1 unspecified atom stereocenters. The van der Waals surface area contributed by atoms with Crippen LogP contribution in [0.15, 0.2) is 30.3 Å². The molecule has 0 bridgehead atoms. The molecule has 1 aromatic carbocycles. The molecule has 0 heterocycles. The first kappa shape index (κ1) is 15.2. The van der Waals surface area contributed by atoms with Gasteiger partial charge in [-0.1, -0.05) is 37.3 Å². The first-order chi connectivity index (χ1) is 9.09. The van der Waals surface area contributed by atoms with E-state index in [2.05, 4.69) is 5.32 Å². The van der Waals surface area contributed by atoms with Crippen LogP contribution in [0.2, 0.25) is 0 Å². The molecule has 0 radical (unpaired) electrons. The van der Waals surface area contributed by atoms with Gasteiger partial charge in [-0.25, -0.2) is 0 Å². The number of hydrogen-bond acceptors (Lipinski definition) is 3. The largest absolute Gasteiger partial charge is 0.481 e. The molecule has 0 fully saturated rings. The van der Waals surface area contributed by atoms with Crippen LogP contribution in [0.1, 0.15) is 18.9 Å². The maximum absolute atomic E-state index is 11.4. The van der Waals surface area contributed by atoms with E-state index >= 15 is 0 Å². The third-order valence-electron chi connectivity index (χ3n) is 2.67. The van der Waals surface area contributed by atoms with E-state index in [1.54, 1.807) is 6.92 Å². The summed E-state index contributed by atoms with van der Waals surface area (Å²) < 4.78 is 5.26. The molecule has 1 aromatic rings. The van der Waals surface area contributed by atoms with Crippen molar-refractivity contribution < 1.29 is 19.4 Å². The lowest BCUT2D eigenvalue weighted by molar-refractivity contribution is -0.141. The molecule has 0 saturated heterocycles. The molecule has 0 aliphatic rings. The van der Waals surface area contributed by atoms with Gasteiger partial charge < -0.3 is 15.2 Å². The van der Waals surface area contributed by atoms with Crippen molar-refractivity contribution in [3.63, 3.8) is 0 Å². The number of hydrogen-bond donors (Lipinski definition) is 2. The van der Waals surface area contributed by atoms with Crippen LogP contribution in [0.5, 0.6) is 0 Å². The van der Waals surface area contributed by atoms with Crippen LogP contribution in [-0.2, 0) is 20.9 Å². The minimum atomic E-state index is -0.852. The SMILES string of the molecule is CC(CCNC(=O)COCc1ccccc1)C(=O)O. The van der Waals surface area contributed by atoms with Crippen LogP contribution in [0.25, 0.3) is 0 Å². The molecule has 1 rings (SSSR count). The van der Waals surface area contributed by atoms with Crippen LogP contribution >= 0.6 is 0 Å². The molecule has 0 aliphatic heterocycles. The second kappa shape index (κ2) is 8.26. The quantitative estimate of drug-likeness (QED) is 0.745. The highest BCUT2D eigenvalue weighted by molar-refractivity contribution is 5.77. The first-order valence-electron chi connectivity index (χ1n) is 6.20. The van der Waals surface area contributed by atoms with E-state index in [1.807, 2.05) is 30.3 Å². The van der Waals surface area contributed by atoms with Crippen LogP contribution in [-0.4, -0.2) is 30.1 Å². The number of carbonyl (C=O) groups excluding carboxylic acids is 1. The number of amides is 1. The summed E-state index contributed by atoms with van der Waals surface area (Å²) in [5.41, 5.74) is 1.01. The Balaban J connectivity index is 2.10. The Morgan fingerprint density at radius 2 is 2.00 bits per heavy atom. The molecule has 19 heavy (non-hydrogen) atoms. The van der Waals surface area contributed by atoms with Gasteiger partial charge in [-0.15, -0.1) is 0 Å². The molecular weight excluding hydrogens is 246 g/mol. The Morgan fingerprint density at radius 1 is 1.32 bits per heavy atom. The standard InChI is InChI=1S/C14H19NO4/c1-11(14(17)18)7-8-15-13(16)10-19-9-12-5-3-2-4-6-12/h2-6,11H,7-10H2,1H3,(H,15,16)(H,17,18). The summed E-state index contributed by atoms with van der Waals surface area (Å²) in [4.78, 5) is 22.0. The molecule has 1 amide bonds. The van der Waals surface area contributed by atoms with Crippen molar-refractivity contribution in [1.29, 1.82) is 0 Å². The van der Waals surface area contributed by atoms with Gasteiger partial charge in [0.1, 0.15) is 6.61 Å². The van der Waals surface area contributed by atoms with Crippen molar-refractivity contribution in [3.8, 4) is 0 Å². The summed E-state index contributed by atoms with van der Waals surface area (Å²) in [6.45, 7) is 2.33. The number of carboxylic acid groups (broad SMARTS) is 1. The van der Waals surface area contributed by atoms with Crippen molar-refractivity contribution in [3.05, 3.63) is 35.9 Å². The van der Waals surface area contributed by atoms with Gasteiger partial charge in [0.05, 0.1) is 12.5 Å². The monoisotopic (exact) mass is 265 g/mol. The molecule has 5 nitrogen and oxygen atoms in total. The van der Waals surface area contributed by atoms with E-state index in [9.17, 15) is 9.59 Å². The van der Waals surface area contributed by atoms with Crippen LogP contribution in [0, 0.1) is 5.92 Å². The van der Waals surface area contributed by atoms with Gasteiger partial charge in [-0.2, -0.15) is 0 Å². The van der Waals surface area contributed by atoms with Gasteiger partial charge >= 0.3 is 5.97 Å². The van der Waals surface area contributed by atoms with Gasteiger partial charge in [-0.3, -0.25) is 9.59 Å². The zero-order valence-electron chi connectivity index (χ0n) is 11.0. The number of carbonyl (C=O) groups is 2. The number of benzene rings is 1. The number of aliphatic carboxylic acids is 1. The topological polar surface area (TPSA) is 75.6 Å². The van der Waals surface area contributed by atoms with Gasteiger partial charge in [0.25, 0.3) is 0 Å². The van der Waals surface area contributed by atoms with Crippen LogP contribution in [0.3, 0.4) is 0 Å². The zero-order chi connectivity index (χ0) is 14.1. The molecule has 2 N–H and O–H groups in total. The van der Waals surface area contributed by atoms with Gasteiger partial charge in [-0.05, 0) is 12.0 Å². The number of ether oxygens (including phenoxy) is 1. The summed E-state index contributed by atoms with van der Waals surface area (Å²) in [7, 11) is 0. The average Bonchev–Trinajstić information content (AvgIpc) is 2.39. The van der Waals surface area contributed by atoms with Crippen molar-refractivity contribution in [2.75, 3.05) is 13.2 Å². The van der Waals surface area contributed by atoms with Crippen molar-refractivity contribution in [2.45, 2.75) is 20.0 Å².